The molecule has 0 bridgehead atoms. The average Bonchev–Trinajstić information content (AvgIpc) is 2.90. The van der Waals surface area contributed by atoms with E-state index in [1.807, 2.05) is 31.4 Å². The first-order valence-electron chi connectivity index (χ1n) is 9.43. The molecule has 3 heterocycles. The van der Waals surface area contributed by atoms with E-state index in [1.165, 1.54) is 6.42 Å². The lowest BCUT2D eigenvalue weighted by molar-refractivity contribution is -0.127. The van der Waals surface area contributed by atoms with Crippen molar-refractivity contribution in [3.8, 4) is 0 Å². The summed E-state index contributed by atoms with van der Waals surface area (Å²) < 4.78 is 7.84. The molecular weight excluding hydrogens is 328 g/mol. The van der Waals surface area contributed by atoms with Gasteiger partial charge in [-0.25, -0.2) is 0 Å². The summed E-state index contributed by atoms with van der Waals surface area (Å²) in [6.07, 6.45) is 5.72. The molecule has 140 valence electrons. The highest BCUT2D eigenvalue weighted by Gasteiger charge is 2.40. The molecule has 0 radical (unpaired) electrons. The van der Waals surface area contributed by atoms with Crippen LogP contribution in [0.4, 0.5) is 0 Å². The Balaban J connectivity index is 1.41. The minimum atomic E-state index is 0.0955. The molecule has 2 aliphatic rings. The summed E-state index contributed by atoms with van der Waals surface area (Å²) in [5.74, 6) is 3.99. The van der Waals surface area contributed by atoms with Gasteiger partial charge in [-0.1, -0.05) is 6.92 Å². The van der Waals surface area contributed by atoms with E-state index in [0.717, 1.165) is 36.1 Å². The van der Waals surface area contributed by atoms with Gasteiger partial charge in [-0.15, -0.1) is 0 Å². The van der Waals surface area contributed by atoms with Crippen molar-refractivity contribution in [2.75, 3.05) is 20.6 Å². The van der Waals surface area contributed by atoms with Crippen LogP contribution in [0.5, 0.6) is 0 Å². The van der Waals surface area contributed by atoms with Gasteiger partial charge in [0.2, 0.25) is 5.91 Å². The molecule has 0 spiro atoms. The fourth-order valence-electron chi connectivity index (χ4n) is 4.33. The monoisotopic (exact) mass is 356 g/mol. The van der Waals surface area contributed by atoms with Crippen LogP contribution in [0.25, 0.3) is 0 Å². The maximum absolute atomic E-state index is 12.3. The second kappa shape index (κ2) is 6.58. The van der Waals surface area contributed by atoms with Gasteiger partial charge in [0.15, 0.2) is 0 Å². The summed E-state index contributed by atoms with van der Waals surface area (Å²) in [5, 5.41) is 4.28. The number of aryl methyl sites for hydroxylation is 1. The Hall–Kier alpha value is -2.08. The molecule has 1 saturated carbocycles. The Labute approximate surface area is 154 Å². The Bertz CT molecular complexity index is 795. The molecule has 1 aliphatic carbocycles. The third-order valence-electron chi connectivity index (χ3n) is 5.89. The predicted molar refractivity (Wildman–Crippen MR) is 98.4 cm³/mol. The zero-order valence-electron chi connectivity index (χ0n) is 16.1. The van der Waals surface area contributed by atoms with E-state index in [9.17, 15) is 4.79 Å². The number of hydrogen-bond acceptors (Lipinski definition) is 4. The van der Waals surface area contributed by atoms with Gasteiger partial charge in [-0.05, 0) is 31.5 Å². The normalized spacial score (nSPS) is 28.3. The summed E-state index contributed by atoms with van der Waals surface area (Å²) in [5.41, 5.74) is 1.11. The van der Waals surface area contributed by atoms with E-state index in [4.69, 9.17) is 4.42 Å². The Morgan fingerprint density at radius 3 is 2.77 bits per heavy atom. The minimum Gasteiger partial charge on any atom is -0.464 e. The number of amides is 1. The van der Waals surface area contributed by atoms with Crippen molar-refractivity contribution in [2.45, 2.75) is 38.3 Å². The van der Waals surface area contributed by atoms with E-state index in [2.05, 4.69) is 36.1 Å². The SMILES string of the molecule is C[C@H]1C[C@@H]1c1ccc(CN(C)C[C@@H]2CC(=O)N(C)[C@H]2c2cnn(C)c2)o1. The lowest BCUT2D eigenvalue weighted by Crippen LogP contribution is -2.30. The van der Waals surface area contributed by atoms with Crippen LogP contribution in [-0.4, -0.2) is 46.1 Å². The van der Waals surface area contributed by atoms with Crippen LogP contribution in [0.1, 0.15) is 48.8 Å². The number of aromatic nitrogens is 2. The molecular formula is C20H28N4O2. The Morgan fingerprint density at radius 1 is 1.35 bits per heavy atom. The van der Waals surface area contributed by atoms with Crippen molar-refractivity contribution >= 4 is 5.91 Å². The van der Waals surface area contributed by atoms with Crippen molar-refractivity contribution in [3.63, 3.8) is 0 Å². The first-order valence-corrected chi connectivity index (χ1v) is 9.43. The largest absolute Gasteiger partial charge is 0.464 e. The molecule has 1 amide bonds. The molecule has 6 nitrogen and oxygen atoms in total. The van der Waals surface area contributed by atoms with Crippen molar-refractivity contribution in [1.82, 2.24) is 19.6 Å². The quantitative estimate of drug-likeness (QED) is 0.799. The average molecular weight is 356 g/mol. The number of rotatable bonds is 6. The standard InChI is InChI=1S/C20H28N4O2/c1-13-7-17(13)18-6-5-16(26-18)12-22(2)10-14-8-19(25)24(4)20(14)15-9-21-23(3)11-15/h5-6,9,11,13-14,17,20H,7-8,10,12H2,1-4H3/t13-,14-,17-,20+/m0/s1. The first kappa shape index (κ1) is 17.3. The van der Waals surface area contributed by atoms with Gasteiger partial charge in [0, 0.05) is 50.7 Å². The zero-order chi connectivity index (χ0) is 18.4. The highest BCUT2D eigenvalue weighted by Crippen LogP contribution is 2.47. The molecule has 2 fully saturated rings. The molecule has 0 unspecified atom stereocenters. The van der Waals surface area contributed by atoms with Crippen LogP contribution in [0.3, 0.4) is 0 Å². The maximum Gasteiger partial charge on any atom is 0.223 e. The Morgan fingerprint density at radius 2 is 2.12 bits per heavy atom. The summed E-state index contributed by atoms with van der Waals surface area (Å²) in [6, 6.07) is 4.32. The third-order valence-corrected chi connectivity index (χ3v) is 5.89. The van der Waals surface area contributed by atoms with E-state index in [0.29, 0.717) is 12.3 Å². The second-order valence-electron chi connectivity index (χ2n) is 8.18. The van der Waals surface area contributed by atoms with Crippen molar-refractivity contribution in [2.24, 2.45) is 18.9 Å². The topological polar surface area (TPSA) is 54.5 Å². The molecule has 2 aromatic rings. The van der Waals surface area contributed by atoms with Gasteiger partial charge in [-0.3, -0.25) is 14.4 Å². The van der Waals surface area contributed by atoms with Crippen LogP contribution in [0, 0.1) is 11.8 Å². The van der Waals surface area contributed by atoms with Gasteiger partial charge in [0.25, 0.3) is 0 Å². The predicted octanol–water partition coefficient (Wildman–Crippen LogP) is 2.79. The van der Waals surface area contributed by atoms with Gasteiger partial charge in [0.05, 0.1) is 18.8 Å². The van der Waals surface area contributed by atoms with E-state index < -0.39 is 0 Å². The summed E-state index contributed by atoms with van der Waals surface area (Å²) in [4.78, 5) is 16.4. The highest BCUT2D eigenvalue weighted by atomic mass is 16.3. The van der Waals surface area contributed by atoms with Gasteiger partial charge in [0.1, 0.15) is 11.5 Å². The van der Waals surface area contributed by atoms with Gasteiger partial charge in [-0.2, -0.15) is 5.10 Å². The molecule has 6 heteroatoms. The van der Waals surface area contributed by atoms with Crippen LogP contribution in [0.2, 0.25) is 0 Å². The first-order chi connectivity index (χ1) is 12.4. The molecule has 1 saturated heterocycles. The number of furan rings is 1. The number of carbonyl (C=O) groups excluding carboxylic acids is 1. The maximum atomic E-state index is 12.3. The summed E-state index contributed by atoms with van der Waals surface area (Å²) in [6.45, 7) is 3.89. The Kier molecular flexibility index (Phi) is 4.39. The molecule has 0 N–H and O–H groups in total. The van der Waals surface area contributed by atoms with E-state index in [-0.39, 0.29) is 17.9 Å². The highest BCUT2D eigenvalue weighted by molar-refractivity contribution is 5.79. The van der Waals surface area contributed by atoms with E-state index >= 15 is 0 Å². The second-order valence-corrected chi connectivity index (χ2v) is 8.18. The summed E-state index contributed by atoms with van der Waals surface area (Å²) in [7, 11) is 5.91. The zero-order valence-corrected chi connectivity index (χ0v) is 16.1. The number of carbonyl (C=O) groups is 1. The number of nitrogens with zero attached hydrogens (tertiary/aromatic N) is 4. The van der Waals surface area contributed by atoms with Crippen LogP contribution >= 0.6 is 0 Å². The molecule has 2 aromatic heterocycles. The van der Waals surface area contributed by atoms with Crippen molar-refractivity contribution in [3.05, 3.63) is 41.6 Å². The molecule has 4 atom stereocenters. The van der Waals surface area contributed by atoms with Crippen LogP contribution in [0.15, 0.2) is 28.9 Å². The minimum absolute atomic E-state index is 0.0955. The third kappa shape index (κ3) is 3.30. The molecule has 26 heavy (non-hydrogen) atoms. The molecule has 4 rings (SSSR count). The molecule has 1 aliphatic heterocycles. The fourth-order valence-corrected chi connectivity index (χ4v) is 4.33. The van der Waals surface area contributed by atoms with Crippen LogP contribution < -0.4 is 0 Å². The van der Waals surface area contributed by atoms with Crippen molar-refractivity contribution < 1.29 is 9.21 Å². The lowest BCUT2D eigenvalue weighted by Gasteiger charge is -2.27. The lowest BCUT2D eigenvalue weighted by atomic mass is 9.95. The number of hydrogen-bond donors (Lipinski definition) is 0. The summed E-state index contributed by atoms with van der Waals surface area (Å²) >= 11 is 0. The van der Waals surface area contributed by atoms with Gasteiger partial charge < -0.3 is 9.32 Å². The fraction of sp³-hybridized carbons (Fsp3) is 0.600. The van der Waals surface area contributed by atoms with Crippen molar-refractivity contribution in [1.29, 1.82) is 0 Å². The van der Waals surface area contributed by atoms with Gasteiger partial charge >= 0.3 is 0 Å². The smallest absolute Gasteiger partial charge is 0.223 e. The molecule has 0 aromatic carbocycles. The van der Waals surface area contributed by atoms with Crippen LogP contribution in [-0.2, 0) is 18.4 Å². The van der Waals surface area contributed by atoms with E-state index in [1.54, 1.807) is 4.68 Å². The number of likely N-dealkylation sites (tertiary alicyclic amines) is 1.